The molecule has 1 amide bonds. The van der Waals surface area contributed by atoms with Crippen LogP contribution in [0.3, 0.4) is 0 Å². The van der Waals surface area contributed by atoms with Crippen molar-refractivity contribution in [3.63, 3.8) is 0 Å². The monoisotopic (exact) mass is 443 g/mol. The molecule has 0 saturated heterocycles. The maximum Gasteiger partial charge on any atom is 0.416 e. The molecule has 2 aromatic heterocycles. The normalized spacial score (nSPS) is 12.4. The van der Waals surface area contributed by atoms with Crippen molar-refractivity contribution in [2.24, 2.45) is 0 Å². The van der Waals surface area contributed by atoms with Crippen molar-refractivity contribution >= 4 is 22.2 Å². The number of aromatic nitrogens is 2. The zero-order chi connectivity index (χ0) is 22.3. The van der Waals surface area contributed by atoms with Crippen LogP contribution < -0.4 is 11.0 Å². The second-order valence-electron chi connectivity index (χ2n) is 7.49. The maximum absolute atomic E-state index is 13.2. The van der Waals surface area contributed by atoms with E-state index in [-0.39, 0.29) is 16.5 Å². The Morgan fingerprint density at radius 3 is 2.60 bits per heavy atom. The van der Waals surface area contributed by atoms with Crippen molar-refractivity contribution in [3.8, 4) is 0 Å². The van der Waals surface area contributed by atoms with Crippen LogP contribution in [0, 0.1) is 5.82 Å². The molecule has 1 N–H and O–H groups in total. The third-order valence-electron chi connectivity index (χ3n) is 4.23. The van der Waals surface area contributed by atoms with Crippen LogP contribution in [0.1, 0.15) is 48.0 Å². The number of hydrogen-bond donors (Lipinski definition) is 1. The Kier molecular flexibility index (Phi) is 5.70. The Balaban J connectivity index is 1.81. The third kappa shape index (κ3) is 4.36. The van der Waals surface area contributed by atoms with Crippen molar-refractivity contribution in [1.29, 1.82) is 0 Å². The number of fused-ring (bicyclic) bond motifs is 1. The van der Waals surface area contributed by atoms with Gasteiger partial charge in [0.05, 0.1) is 5.56 Å². The van der Waals surface area contributed by atoms with Crippen molar-refractivity contribution in [1.82, 2.24) is 14.9 Å². The second-order valence-corrected chi connectivity index (χ2v) is 8.32. The summed E-state index contributed by atoms with van der Waals surface area (Å²) < 4.78 is 53.5. The lowest BCUT2D eigenvalue weighted by atomic mass is 9.93. The number of amides is 1. The smallest absolute Gasteiger partial charge is 0.269 e. The summed E-state index contributed by atoms with van der Waals surface area (Å²) in [6.45, 7) is 5.02. The number of alkyl halides is 3. The average molecular weight is 443 g/mol. The summed E-state index contributed by atoms with van der Waals surface area (Å²) in [5, 5.41) is 1.77. The van der Waals surface area contributed by atoms with Gasteiger partial charge in [0, 0.05) is 22.7 Å². The molecule has 0 radical (unpaired) electrons. The van der Waals surface area contributed by atoms with Gasteiger partial charge in [0.25, 0.3) is 11.5 Å². The fraction of sp³-hybridized carbons (Fsp3) is 0.316. The van der Waals surface area contributed by atoms with Gasteiger partial charge in [-0.25, -0.2) is 14.9 Å². The minimum Gasteiger partial charge on any atom is -0.269 e. The summed E-state index contributed by atoms with van der Waals surface area (Å²) in [5.74, 6) is -2.00. The summed E-state index contributed by atoms with van der Waals surface area (Å²) in [7, 11) is 0. The molecule has 2 heterocycles. The fourth-order valence-electron chi connectivity index (χ4n) is 2.74. The average Bonchev–Trinajstić information content (AvgIpc) is 3.07. The minimum atomic E-state index is -4.79. The van der Waals surface area contributed by atoms with Gasteiger partial charge in [-0.3, -0.25) is 18.8 Å². The second kappa shape index (κ2) is 7.80. The number of hydroxylamine groups is 1. The summed E-state index contributed by atoms with van der Waals surface area (Å²) in [4.78, 5) is 34.5. The molecule has 3 aromatic rings. The SMILES string of the molecule is CC(C)(C)c1csc2ncc(C(=O)NOCc3ccc(F)cc3C(F)(F)F)c(=O)n12. The van der Waals surface area contributed by atoms with E-state index in [1.807, 2.05) is 26.3 Å². The maximum atomic E-state index is 13.2. The molecule has 0 saturated carbocycles. The molecule has 0 aliphatic rings. The fourth-order valence-corrected chi connectivity index (χ4v) is 3.81. The molecule has 0 spiro atoms. The standard InChI is InChI=1S/C19H17F4N3O3S/c1-18(2,3)14-9-30-17-24-7-12(16(28)26(14)17)15(27)25-29-8-10-4-5-11(20)6-13(10)19(21,22)23/h4-7,9H,8H2,1-3H3,(H,25,27). The number of thiazole rings is 1. The first-order valence-corrected chi connectivity index (χ1v) is 9.55. The van der Waals surface area contributed by atoms with E-state index >= 15 is 0 Å². The topological polar surface area (TPSA) is 72.7 Å². The summed E-state index contributed by atoms with van der Waals surface area (Å²) in [5.41, 5.74) is -0.308. The predicted molar refractivity (Wildman–Crippen MR) is 102 cm³/mol. The van der Waals surface area contributed by atoms with E-state index in [0.717, 1.165) is 18.3 Å². The molecule has 0 aliphatic carbocycles. The predicted octanol–water partition coefficient (Wildman–Crippen LogP) is 4.07. The Morgan fingerprint density at radius 1 is 1.27 bits per heavy atom. The number of rotatable bonds is 4. The molecule has 0 bridgehead atoms. The largest absolute Gasteiger partial charge is 0.416 e. The quantitative estimate of drug-likeness (QED) is 0.487. The lowest BCUT2D eigenvalue weighted by Gasteiger charge is -2.17. The third-order valence-corrected chi connectivity index (χ3v) is 5.07. The Morgan fingerprint density at radius 2 is 1.97 bits per heavy atom. The van der Waals surface area contributed by atoms with Crippen molar-refractivity contribution < 1.29 is 27.2 Å². The molecule has 3 rings (SSSR count). The number of benzene rings is 1. The highest BCUT2D eigenvalue weighted by atomic mass is 32.1. The van der Waals surface area contributed by atoms with Crippen LogP contribution in [0.5, 0.6) is 0 Å². The molecule has 0 unspecified atom stereocenters. The highest BCUT2D eigenvalue weighted by molar-refractivity contribution is 7.15. The minimum absolute atomic E-state index is 0.327. The van der Waals surface area contributed by atoms with Crippen molar-refractivity contribution in [2.45, 2.75) is 39.0 Å². The van der Waals surface area contributed by atoms with E-state index in [2.05, 4.69) is 4.98 Å². The zero-order valence-corrected chi connectivity index (χ0v) is 16.9. The number of carbonyl (C=O) groups is 1. The van der Waals surface area contributed by atoms with Crippen LogP contribution in [0.4, 0.5) is 17.6 Å². The molecule has 0 fully saturated rings. The Bertz CT molecular complexity index is 1160. The number of nitrogens with zero attached hydrogens (tertiary/aromatic N) is 2. The van der Waals surface area contributed by atoms with Crippen LogP contribution in [0.25, 0.3) is 4.96 Å². The van der Waals surface area contributed by atoms with Crippen LogP contribution in [-0.2, 0) is 23.0 Å². The van der Waals surface area contributed by atoms with E-state index in [1.54, 1.807) is 5.38 Å². The van der Waals surface area contributed by atoms with Crippen LogP contribution in [0.15, 0.2) is 34.6 Å². The number of hydrogen-bond acceptors (Lipinski definition) is 5. The van der Waals surface area contributed by atoms with E-state index in [0.29, 0.717) is 16.7 Å². The summed E-state index contributed by atoms with van der Waals surface area (Å²) >= 11 is 1.25. The van der Waals surface area contributed by atoms with Crippen molar-refractivity contribution in [2.75, 3.05) is 0 Å². The first kappa shape index (κ1) is 21.9. The van der Waals surface area contributed by atoms with Gasteiger partial charge in [-0.15, -0.1) is 11.3 Å². The first-order chi connectivity index (χ1) is 13.9. The molecule has 0 aliphatic heterocycles. The van der Waals surface area contributed by atoms with E-state index < -0.39 is 35.6 Å². The molecule has 0 atom stereocenters. The van der Waals surface area contributed by atoms with Gasteiger partial charge < -0.3 is 0 Å². The Labute approximate surface area is 172 Å². The first-order valence-electron chi connectivity index (χ1n) is 8.67. The number of carbonyl (C=O) groups excluding carboxylic acids is 1. The lowest BCUT2D eigenvalue weighted by Crippen LogP contribution is -2.33. The molecule has 11 heteroatoms. The molecular weight excluding hydrogens is 426 g/mol. The van der Waals surface area contributed by atoms with Crippen LogP contribution in [0.2, 0.25) is 0 Å². The van der Waals surface area contributed by atoms with Crippen LogP contribution >= 0.6 is 11.3 Å². The van der Waals surface area contributed by atoms with Gasteiger partial charge in [-0.1, -0.05) is 26.8 Å². The van der Waals surface area contributed by atoms with E-state index in [1.165, 1.54) is 15.7 Å². The summed E-state index contributed by atoms with van der Waals surface area (Å²) in [6.07, 6.45) is -3.71. The molecule has 6 nitrogen and oxygen atoms in total. The van der Waals surface area contributed by atoms with Gasteiger partial charge in [-0.2, -0.15) is 13.2 Å². The van der Waals surface area contributed by atoms with Gasteiger partial charge in [0.2, 0.25) is 0 Å². The van der Waals surface area contributed by atoms with E-state index in [4.69, 9.17) is 4.84 Å². The van der Waals surface area contributed by atoms with Gasteiger partial charge >= 0.3 is 6.18 Å². The molecule has 1 aromatic carbocycles. The van der Waals surface area contributed by atoms with E-state index in [9.17, 15) is 27.2 Å². The number of halogens is 4. The molecular formula is C19H17F4N3O3S. The zero-order valence-electron chi connectivity index (χ0n) is 16.1. The van der Waals surface area contributed by atoms with Gasteiger partial charge in [0.15, 0.2) is 4.96 Å². The molecule has 30 heavy (non-hydrogen) atoms. The summed E-state index contributed by atoms with van der Waals surface area (Å²) in [6, 6.07) is 2.10. The Hall–Kier alpha value is -2.79. The van der Waals surface area contributed by atoms with Crippen molar-refractivity contribution in [3.05, 3.63) is 68.3 Å². The highest BCUT2D eigenvalue weighted by Crippen LogP contribution is 2.32. The number of nitrogens with one attached hydrogen (secondary N) is 1. The molecule has 160 valence electrons. The lowest BCUT2D eigenvalue weighted by molar-refractivity contribution is -0.139. The highest BCUT2D eigenvalue weighted by Gasteiger charge is 2.34. The van der Waals surface area contributed by atoms with Crippen LogP contribution in [-0.4, -0.2) is 15.3 Å². The van der Waals surface area contributed by atoms with Gasteiger partial charge in [0.1, 0.15) is 18.0 Å². The van der Waals surface area contributed by atoms with Gasteiger partial charge in [-0.05, 0) is 17.7 Å².